The van der Waals surface area contributed by atoms with Crippen LogP contribution in [-0.4, -0.2) is 4.98 Å². The molecule has 0 radical (unpaired) electrons. The van der Waals surface area contributed by atoms with Crippen LogP contribution in [-0.2, 0) is 6.54 Å². The van der Waals surface area contributed by atoms with Gasteiger partial charge in [0.15, 0.2) is 0 Å². The van der Waals surface area contributed by atoms with Crippen LogP contribution in [0.25, 0.3) is 0 Å². The maximum Gasteiger partial charge on any atom is 0.0315 e. The molecular formula is C15H18N2. The van der Waals surface area contributed by atoms with Gasteiger partial charge < -0.3 is 5.32 Å². The van der Waals surface area contributed by atoms with E-state index < -0.39 is 0 Å². The van der Waals surface area contributed by atoms with E-state index >= 15 is 0 Å². The standard InChI is InChI=1S/C15H18N2/c1-12-5-3-6-14(9-12)10-17-13(2)15-7-4-8-16-11-15/h3-9,11,13,17H,10H2,1-2H3/t13-/m0/s1. The van der Waals surface area contributed by atoms with Gasteiger partial charge in [0.05, 0.1) is 0 Å². The second kappa shape index (κ2) is 5.60. The predicted octanol–water partition coefficient (Wildman–Crippen LogP) is 3.24. The van der Waals surface area contributed by atoms with Gasteiger partial charge in [-0.3, -0.25) is 4.98 Å². The molecule has 1 aromatic heterocycles. The molecule has 2 aromatic rings. The van der Waals surface area contributed by atoms with Crippen molar-refractivity contribution in [1.82, 2.24) is 10.3 Å². The third-order valence-electron chi connectivity index (χ3n) is 2.88. The molecule has 0 fully saturated rings. The zero-order valence-corrected chi connectivity index (χ0v) is 10.4. The second-order valence-corrected chi connectivity index (χ2v) is 4.38. The van der Waals surface area contributed by atoms with Crippen molar-refractivity contribution >= 4 is 0 Å². The average molecular weight is 226 g/mol. The summed E-state index contributed by atoms with van der Waals surface area (Å²) in [5.41, 5.74) is 3.85. The Bertz CT molecular complexity index is 465. The highest BCUT2D eigenvalue weighted by Gasteiger charge is 2.04. The number of hydrogen-bond acceptors (Lipinski definition) is 2. The molecule has 0 spiro atoms. The van der Waals surface area contributed by atoms with E-state index in [1.807, 2.05) is 12.3 Å². The molecule has 1 aromatic carbocycles. The summed E-state index contributed by atoms with van der Waals surface area (Å²) in [6, 6.07) is 13.0. The molecule has 2 heteroatoms. The Balaban J connectivity index is 1.95. The van der Waals surface area contributed by atoms with Gasteiger partial charge in [0.25, 0.3) is 0 Å². The zero-order chi connectivity index (χ0) is 12.1. The number of aromatic nitrogens is 1. The summed E-state index contributed by atoms with van der Waals surface area (Å²) < 4.78 is 0. The fraction of sp³-hybridized carbons (Fsp3) is 0.267. The quantitative estimate of drug-likeness (QED) is 0.865. The summed E-state index contributed by atoms with van der Waals surface area (Å²) in [7, 11) is 0. The Morgan fingerprint density at radius 3 is 2.82 bits per heavy atom. The van der Waals surface area contributed by atoms with E-state index in [2.05, 4.69) is 54.5 Å². The van der Waals surface area contributed by atoms with Crippen LogP contribution in [0.5, 0.6) is 0 Å². The minimum atomic E-state index is 0.323. The SMILES string of the molecule is Cc1cccc(CN[C@@H](C)c2cccnc2)c1. The first kappa shape index (κ1) is 11.8. The van der Waals surface area contributed by atoms with Crippen molar-refractivity contribution in [2.75, 3.05) is 0 Å². The lowest BCUT2D eigenvalue weighted by Gasteiger charge is -2.14. The van der Waals surface area contributed by atoms with E-state index in [-0.39, 0.29) is 0 Å². The molecule has 0 saturated carbocycles. The largest absolute Gasteiger partial charge is 0.306 e. The monoisotopic (exact) mass is 226 g/mol. The van der Waals surface area contributed by atoms with E-state index in [1.165, 1.54) is 16.7 Å². The van der Waals surface area contributed by atoms with Gasteiger partial charge in [-0.05, 0) is 31.0 Å². The summed E-state index contributed by atoms with van der Waals surface area (Å²) in [6.45, 7) is 5.17. The van der Waals surface area contributed by atoms with Crippen LogP contribution in [0.1, 0.15) is 29.7 Å². The Labute approximate surface area is 103 Å². The van der Waals surface area contributed by atoms with Crippen molar-refractivity contribution in [3.05, 3.63) is 65.5 Å². The van der Waals surface area contributed by atoms with Gasteiger partial charge in [0, 0.05) is 25.0 Å². The smallest absolute Gasteiger partial charge is 0.0315 e. The Hall–Kier alpha value is -1.67. The lowest BCUT2D eigenvalue weighted by atomic mass is 10.1. The number of pyridine rings is 1. The molecule has 2 nitrogen and oxygen atoms in total. The van der Waals surface area contributed by atoms with E-state index in [4.69, 9.17) is 0 Å². The zero-order valence-electron chi connectivity index (χ0n) is 10.4. The molecule has 0 saturated heterocycles. The molecule has 1 N–H and O–H groups in total. The number of benzene rings is 1. The second-order valence-electron chi connectivity index (χ2n) is 4.38. The number of nitrogens with zero attached hydrogens (tertiary/aromatic N) is 1. The first-order chi connectivity index (χ1) is 8.25. The highest BCUT2D eigenvalue weighted by molar-refractivity contribution is 5.22. The first-order valence-corrected chi connectivity index (χ1v) is 5.94. The third-order valence-corrected chi connectivity index (χ3v) is 2.88. The topological polar surface area (TPSA) is 24.9 Å². The summed E-state index contributed by atoms with van der Waals surface area (Å²) in [4.78, 5) is 4.13. The van der Waals surface area contributed by atoms with Gasteiger partial charge in [-0.15, -0.1) is 0 Å². The molecule has 0 aliphatic rings. The van der Waals surface area contributed by atoms with E-state index in [9.17, 15) is 0 Å². The molecule has 0 unspecified atom stereocenters. The highest BCUT2D eigenvalue weighted by atomic mass is 14.9. The number of rotatable bonds is 4. The van der Waals surface area contributed by atoms with E-state index in [1.54, 1.807) is 6.20 Å². The van der Waals surface area contributed by atoms with Crippen molar-refractivity contribution in [2.45, 2.75) is 26.4 Å². The van der Waals surface area contributed by atoms with Crippen molar-refractivity contribution in [3.8, 4) is 0 Å². The van der Waals surface area contributed by atoms with E-state index in [0.717, 1.165) is 6.54 Å². The van der Waals surface area contributed by atoms with Crippen molar-refractivity contribution in [3.63, 3.8) is 0 Å². The molecule has 1 heterocycles. The van der Waals surface area contributed by atoms with Gasteiger partial charge >= 0.3 is 0 Å². The van der Waals surface area contributed by atoms with Crippen LogP contribution in [0, 0.1) is 6.92 Å². The molecule has 0 aliphatic carbocycles. The molecule has 2 rings (SSSR count). The molecule has 88 valence electrons. The van der Waals surface area contributed by atoms with Crippen molar-refractivity contribution in [2.24, 2.45) is 0 Å². The lowest BCUT2D eigenvalue weighted by molar-refractivity contribution is 0.573. The molecule has 0 aliphatic heterocycles. The van der Waals surface area contributed by atoms with Gasteiger partial charge in [-0.25, -0.2) is 0 Å². The van der Waals surface area contributed by atoms with Gasteiger partial charge in [-0.1, -0.05) is 35.9 Å². The van der Waals surface area contributed by atoms with Crippen LogP contribution in [0.15, 0.2) is 48.8 Å². The van der Waals surface area contributed by atoms with Crippen LogP contribution < -0.4 is 5.32 Å². The minimum Gasteiger partial charge on any atom is -0.306 e. The Morgan fingerprint density at radius 2 is 2.12 bits per heavy atom. The van der Waals surface area contributed by atoms with E-state index in [0.29, 0.717) is 6.04 Å². The maximum absolute atomic E-state index is 4.13. The van der Waals surface area contributed by atoms with Crippen molar-refractivity contribution < 1.29 is 0 Å². The first-order valence-electron chi connectivity index (χ1n) is 5.94. The lowest BCUT2D eigenvalue weighted by Crippen LogP contribution is -2.18. The summed E-state index contributed by atoms with van der Waals surface area (Å²) in [5, 5.41) is 3.50. The van der Waals surface area contributed by atoms with Gasteiger partial charge in [-0.2, -0.15) is 0 Å². The Kier molecular flexibility index (Phi) is 3.89. The summed E-state index contributed by atoms with van der Waals surface area (Å²) >= 11 is 0. The van der Waals surface area contributed by atoms with Crippen LogP contribution in [0.3, 0.4) is 0 Å². The predicted molar refractivity (Wildman–Crippen MR) is 70.7 cm³/mol. The normalized spacial score (nSPS) is 12.4. The number of hydrogen-bond donors (Lipinski definition) is 1. The number of aryl methyl sites for hydroxylation is 1. The third kappa shape index (κ3) is 3.40. The maximum atomic E-state index is 4.13. The van der Waals surface area contributed by atoms with Crippen LogP contribution >= 0.6 is 0 Å². The molecule has 1 atom stereocenters. The van der Waals surface area contributed by atoms with Crippen LogP contribution in [0.2, 0.25) is 0 Å². The highest BCUT2D eigenvalue weighted by Crippen LogP contribution is 2.11. The Morgan fingerprint density at radius 1 is 1.24 bits per heavy atom. The molecule has 0 amide bonds. The molecule has 0 bridgehead atoms. The molecular weight excluding hydrogens is 208 g/mol. The fourth-order valence-electron chi connectivity index (χ4n) is 1.84. The van der Waals surface area contributed by atoms with Crippen molar-refractivity contribution in [1.29, 1.82) is 0 Å². The number of nitrogens with one attached hydrogen (secondary N) is 1. The fourth-order valence-corrected chi connectivity index (χ4v) is 1.84. The van der Waals surface area contributed by atoms with Gasteiger partial charge in [0.1, 0.15) is 0 Å². The molecule has 17 heavy (non-hydrogen) atoms. The van der Waals surface area contributed by atoms with Gasteiger partial charge in [0.2, 0.25) is 0 Å². The summed E-state index contributed by atoms with van der Waals surface area (Å²) in [6.07, 6.45) is 3.71. The van der Waals surface area contributed by atoms with Crippen LogP contribution in [0.4, 0.5) is 0 Å². The minimum absolute atomic E-state index is 0.323. The average Bonchev–Trinajstić information content (AvgIpc) is 2.37. The summed E-state index contributed by atoms with van der Waals surface area (Å²) in [5.74, 6) is 0.